The summed E-state index contributed by atoms with van der Waals surface area (Å²) in [6.45, 7) is 2.31. The van der Waals surface area contributed by atoms with Gasteiger partial charge in [-0.3, -0.25) is 0 Å². The van der Waals surface area contributed by atoms with E-state index in [0.717, 1.165) is 4.91 Å². The van der Waals surface area contributed by atoms with Crippen LogP contribution in [0.5, 0.6) is 0 Å². The molecule has 0 unspecified atom stereocenters. The zero-order valence-electron chi connectivity index (χ0n) is 8.45. The van der Waals surface area contributed by atoms with Gasteiger partial charge in [0.25, 0.3) is 0 Å². The minimum Gasteiger partial charge on any atom is -0.358 e. The van der Waals surface area contributed by atoms with E-state index in [1.807, 2.05) is 6.92 Å². The summed E-state index contributed by atoms with van der Waals surface area (Å²) >= 11 is 1.23. The first kappa shape index (κ1) is 10.9. The highest BCUT2D eigenvalue weighted by molar-refractivity contribution is 8.06. The van der Waals surface area contributed by atoms with Gasteiger partial charge in [0, 0.05) is 18.1 Å². The second-order valence-corrected chi connectivity index (χ2v) is 4.01. The number of hydrogen-bond acceptors (Lipinski definition) is 7. The van der Waals surface area contributed by atoms with Crippen LogP contribution in [0, 0.1) is 10.1 Å². The molecule has 0 fully saturated rings. The molecule has 0 aliphatic carbocycles. The lowest BCUT2D eigenvalue weighted by molar-refractivity contribution is -0.392. The Morgan fingerprint density at radius 1 is 1.75 bits per heavy atom. The third kappa shape index (κ3) is 1.75. The molecule has 9 heteroatoms. The van der Waals surface area contributed by atoms with E-state index in [0.29, 0.717) is 12.4 Å². The summed E-state index contributed by atoms with van der Waals surface area (Å²) in [5.74, 6) is 6.01. The summed E-state index contributed by atoms with van der Waals surface area (Å²) in [6.07, 6.45) is 2.91. The first-order chi connectivity index (χ1) is 7.63. The van der Waals surface area contributed by atoms with Gasteiger partial charge in [-0.05, 0) is 11.8 Å². The molecular formula is C7H10N6O2S. The SMILES string of the molecule is CCn1c([N+](=O)[O-])cnc1C1=CNN(N)S1. The molecule has 0 saturated carbocycles. The van der Waals surface area contributed by atoms with E-state index in [9.17, 15) is 10.1 Å². The minimum absolute atomic E-state index is 0.0190. The van der Waals surface area contributed by atoms with Crippen molar-refractivity contribution in [3.63, 3.8) is 0 Å². The topological polar surface area (TPSA) is 102 Å². The van der Waals surface area contributed by atoms with Crippen molar-refractivity contribution in [1.82, 2.24) is 19.5 Å². The van der Waals surface area contributed by atoms with Gasteiger partial charge >= 0.3 is 5.82 Å². The highest BCUT2D eigenvalue weighted by Crippen LogP contribution is 2.32. The van der Waals surface area contributed by atoms with Gasteiger partial charge < -0.3 is 15.5 Å². The van der Waals surface area contributed by atoms with Gasteiger partial charge in [0.15, 0.2) is 0 Å². The summed E-state index contributed by atoms with van der Waals surface area (Å²) in [5, 5.41) is 10.7. The van der Waals surface area contributed by atoms with E-state index < -0.39 is 4.92 Å². The van der Waals surface area contributed by atoms with Crippen molar-refractivity contribution in [2.24, 2.45) is 5.84 Å². The van der Waals surface area contributed by atoms with Crippen LogP contribution in [0.25, 0.3) is 4.91 Å². The van der Waals surface area contributed by atoms with Crippen molar-refractivity contribution in [2.75, 3.05) is 0 Å². The molecule has 0 spiro atoms. The van der Waals surface area contributed by atoms with Gasteiger partial charge in [0.1, 0.15) is 11.1 Å². The fraction of sp³-hybridized carbons (Fsp3) is 0.286. The average Bonchev–Trinajstić information content (AvgIpc) is 2.82. The summed E-state index contributed by atoms with van der Waals surface area (Å²) < 4.78 is 2.83. The third-order valence-electron chi connectivity index (χ3n) is 2.08. The van der Waals surface area contributed by atoms with Gasteiger partial charge in [-0.1, -0.05) is 4.52 Å². The van der Waals surface area contributed by atoms with Gasteiger partial charge in [0.05, 0.1) is 6.54 Å². The molecular weight excluding hydrogens is 232 g/mol. The lowest BCUT2D eigenvalue weighted by Crippen LogP contribution is -2.30. The summed E-state index contributed by atoms with van der Waals surface area (Å²) in [4.78, 5) is 15.1. The predicted molar refractivity (Wildman–Crippen MR) is 59.3 cm³/mol. The zero-order chi connectivity index (χ0) is 11.7. The van der Waals surface area contributed by atoms with Gasteiger partial charge in [-0.15, -0.1) is 0 Å². The van der Waals surface area contributed by atoms with Crippen molar-refractivity contribution in [3.8, 4) is 0 Å². The van der Waals surface area contributed by atoms with Gasteiger partial charge in [-0.25, -0.2) is 15.4 Å². The summed E-state index contributed by atoms with van der Waals surface area (Å²) in [6, 6.07) is 0. The van der Waals surface area contributed by atoms with Crippen LogP contribution in [0.2, 0.25) is 0 Å². The highest BCUT2D eigenvalue weighted by atomic mass is 32.2. The lowest BCUT2D eigenvalue weighted by atomic mass is 10.5. The standard InChI is InChI=1S/C7H10N6O2S/c1-2-11-6(12(14)15)4-9-7(11)5-3-10-13(8)16-5/h3-4,10H,2,8H2,1H3. The Kier molecular flexibility index (Phi) is 2.81. The zero-order valence-corrected chi connectivity index (χ0v) is 9.27. The van der Waals surface area contributed by atoms with E-state index in [1.165, 1.54) is 27.2 Å². The highest BCUT2D eigenvalue weighted by Gasteiger charge is 2.25. The summed E-state index contributed by atoms with van der Waals surface area (Å²) in [7, 11) is 0. The van der Waals surface area contributed by atoms with Crippen LogP contribution in [-0.4, -0.2) is 19.0 Å². The molecule has 8 nitrogen and oxygen atoms in total. The maximum absolute atomic E-state index is 10.7. The third-order valence-corrected chi connectivity index (χ3v) is 2.88. The number of nitrogens with zero attached hydrogens (tertiary/aromatic N) is 4. The monoisotopic (exact) mass is 242 g/mol. The van der Waals surface area contributed by atoms with E-state index in [4.69, 9.17) is 5.84 Å². The van der Waals surface area contributed by atoms with E-state index in [1.54, 1.807) is 6.20 Å². The molecule has 1 aromatic rings. The fourth-order valence-corrected chi connectivity index (χ4v) is 2.07. The van der Waals surface area contributed by atoms with Crippen LogP contribution < -0.4 is 11.3 Å². The minimum atomic E-state index is -0.451. The first-order valence-corrected chi connectivity index (χ1v) is 5.30. The normalized spacial score (nSPS) is 16.0. The van der Waals surface area contributed by atoms with Crippen LogP contribution in [0.15, 0.2) is 12.4 Å². The van der Waals surface area contributed by atoms with Crippen molar-refractivity contribution < 1.29 is 4.92 Å². The van der Waals surface area contributed by atoms with Crippen LogP contribution in [0.4, 0.5) is 5.82 Å². The van der Waals surface area contributed by atoms with Crippen molar-refractivity contribution in [3.05, 3.63) is 28.3 Å². The first-order valence-electron chi connectivity index (χ1n) is 4.53. The molecule has 2 rings (SSSR count). The Bertz CT molecular complexity index is 456. The number of hydrogen-bond donors (Lipinski definition) is 2. The number of nitrogens with two attached hydrogens (primary N) is 1. The Labute approximate surface area is 95.3 Å². The Hall–Kier alpha value is -1.58. The second-order valence-electron chi connectivity index (χ2n) is 3.00. The molecule has 3 N–H and O–H groups in total. The number of imidazole rings is 1. The molecule has 0 bridgehead atoms. The molecule has 86 valence electrons. The molecule has 0 radical (unpaired) electrons. The van der Waals surface area contributed by atoms with Crippen LogP contribution in [0.3, 0.4) is 0 Å². The molecule has 2 heterocycles. The number of nitro groups is 1. The quantitative estimate of drug-likeness (QED) is 0.343. The summed E-state index contributed by atoms with van der Waals surface area (Å²) in [5.41, 5.74) is 2.75. The maximum Gasteiger partial charge on any atom is 0.343 e. The van der Waals surface area contributed by atoms with Crippen LogP contribution in [-0.2, 0) is 6.54 Å². The number of hydrazine groups is 2. The molecule has 1 aliphatic rings. The van der Waals surface area contributed by atoms with Crippen molar-refractivity contribution in [1.29, 1.82) is 0 Å². The van der Waals surface area contributed by atoms with Gasteiger partial charge in [0.2, 0.25) is 5.82 Å². The molecule has 1 aliphatic heterocycles. The maximum atomic E-state index is 10.7. The number of aromatic nitrogens is 2. The van der Waals surface area contributed by atoms with Crippen LogP contribution in [0.1, 0.15) is 12.7 Å². The van der Waals surface area contributed by atoms with E-state index in [-0.39, 0.29) is 5.82 Å². The molecule has 0 saturated heterocycles. The predicted octanol–water partition coefficient (Wildman–Crippen LogP) is 0.452. The molecule has 0 amide bonds. The second kappa shape index (κ2) is 4.12. The molecule has 16 heavy (non-hydrogen) atoms. The number of nitrogens with one attached hydrogen (secondary N) is 1. The molecule has 0 aromatic carbocycles. The fourth-order valence-electron chi connectivity index (χ4n) is 1.41. The molecule has 1 aromatic heterocycles. The Balaban J connectivity index is 2.38. The van der Waals surface area contributed by atoms with Crippen LogP contribution >= 0.6 is 11.9 Å². The van der Waals surface area contributed by atoms with Crippen molar-refractivity contribution in [2.45, 2.75) is 13.5 Å². The average molecular weight is 242 g/mol. The number of rotatable bonds is 3. The van der Waals surface area contributed by atoms with E-state index >= 15 is 0 Å². The lowest BCUT2D eigenvalue weighted by Gasteiger charge is -2.05. The Morgan fingerprint density at radius 2 is 2.50 bits per heavy atom. The largest absolute Gasteiger partial charge is 0.358 e. The smallest absolute Gasteiger partial charge is 0.343 e. The molecule has 0 atom stereocenters. The van der Waals surface area contributed by atoms with Crippen molar-refractivity contribution >= 4 is 22.7 Å². The van der Waals surface area contributed by atoms with E-state index in [2.05, 4.69) is 10.4 Å². The Morgan fingerprint density at radius 3 is 3.00 bits per heavy atom. The van der Waals surface area contributed by atoms with Gasteiger partial charge in [-0.2, -0.15) is 0 Å².